The predicted octanol–water partition coefficient (Wildman–Crippen LogP) is 6.11. The normalized spacial score (nSPS) is 12.7. The highest BCUT2D eigenvalue weighted by molar-refractivity contribution is 5.95. The van der Waals surface area contributed by atoms with Crippen LogP contribution in [-0.4, -0.2) is 38.5 Å². The molecule has 0 aromatic heterocycles. The van der Waals surface area contributed by atoms with E-state index in [-0.39, 0.29) is 5.75 Å². The number of fused-ring (bicyclic) bond motifs is 1. The Morgan fingerprint density at radius 3 is 2.43 bits per heavy atom. The van der Waals surface area contributed by atoms with Gasteiger partial charge in [0.25, 0.3) is 0 Å². The number of unbranched alkanes of at least 4 members (excludes halogenated alkanes) is 2. The van der Waals surface area contributed by atoms with Gasteiger partial charge in [-0.1, -0.05) is 44.0 Å². The first-order valence-electron chi connectivity index (χ1n) is 12.4. The number of aromatic hydroxyl groups is 1. The summed E-state index contributed by atoms with van der Waals surface area (Å²) in [5.74, 6) is 2.62. The summed E-state index contributed by atoms with van der Waals surface area (Å²) in [6.45, 7) is 5.23. The van der Waals surface area contributed by atoms with E-state index in [0.29, 0.717) is 19.0 Å². The molecular weight excluding hydrogens is 438 g/mol. The zero-order valence-electron chi connectivity index (χ0n) is 20.7. The van der Waals surface area contributed by atoms with Crippen LogP contribution in [0.15, 0.2) is 66.7 Å². The maximum Gasteiger partial charge on any atom is 0.131 e. The zero-order valence-corrected chi connectivity index (χ0v) is 20.7. The minimum Gasteiger partial charge on any atom is -0.508 e. The standard InChI is InChI=1S/C30H35NO4/c1-3-4-5-16-31-17-18-34-26-11-6-22(7-12-26)19-28-27-15-10-24(32)20-30(27)35-21-29(28)23-8-13-25(33-2)14-9-23/h6-15,20,31-32H,3-5,16-19,21H2,1-2H3. The van der Waals surface area contributed by atoms with Crippen LogP contribution in [0.3, 0.4) is 0 Å². The van der Waals surface area contributed by atoms with Gasteiger partial charge < -0.3 is 24.6 Å². The maximum absolute atomic E-state index is 9.95. The number of methoxy groups -OCH3 is 1. The Morgan fingerprint density at radius 1 is 0.914 bits per heavy atom. The first-order chi connectivity index (χ1) is 17.2. The molecule has 1 aliphatic heterocycles. The summed E-state index contributed by atoms with van der Waals surface area (Å²) in [7, 11) is 1.67. The average molecular weight is 474 g/mol. The van der Waals surface area contributed by atoms with Gasteiger partial charge in [0.15, 0.2) is 0 Å². The van der Waals surface area contributed by atoms with Crippen molar-refractivity contribution in [1.82, 2.24) is 5.32 Å². The molecule has 0 spiro atoms. The van der Waals surface area contributed by atoms with Crippen molar-refractivity contribution in [2.45, 2.75) is 32.6 Å². The number of benzene rings is 3. The molecule has 0 unspecified atom stereocenters. The molecule has 3 aromatic rings. The molecule has 0 aliphatic carbocycles. The highest BCUT2D eigenvalue weighted by Gasteiger charge is 2.22. The van der Waals surface area contributed by atoms with Gasteiger partial charge in [-0.3, -0.25) is 0 Å². The van der Waals surface area contributed by atoms with E-state index in [1.165, 1.54) is 30.4 Å². The fourth-order valence-corrected chi connectivity index (χ4v) is 4.30. The number of allylic oxidation sites excluding steroid dienone is 1. The number of ether oxygens (including phenoxy) is 3. The van der Waals surface area contributed by atoms with Gasteiger partial charge in [0, 0.05) is 23.7 Å². The van der Waals surface area contributed by atoms with Crippen LogP contribution in [0.25, 0.3) is 11.1 Å². The van der Waals surface area contributed by atoms with Crippen molar-refractivity contribution in [2.75, 3.05) is 33.4 Å². The Balaban J connectivity index is 1.49. The van der Waals surface area contributed by atoms with E-state index in [0.717, 1.165) is 47.7 Å². The Morgan fingerprint density at radius 2 is 1.69 bits per heavy atom. The number of hydrogen-bond donors (Lipinski definition) is 2. The van der Waals surface area contributed by atoms with Gasteiger partial charge in [-0.15, -0.1) is 0 Å². The summed E-state index contributed by atoms with van der Waals surface area (Å²) in [4.78, 5) is 0. The second kappa shape index (κ2) is 12.3. The molecule has 0 amide bonds. The minimum absolute atomic E-state index is 0.206. The Bertz CT molecular complexity index is 1120. The molecule has 1 aliphatic rings. The van der Waals surface area contributed by atoms with E-state index in [2.05, 4.69) is 36.5 Å². The van der Waals surface area contributed by atoms with Crippen molar-refractivity contribution >= 4 is 11.1 Å². The van der Waals surface area contributed by atoms with Crippen LogP contribution in [0.4, 0.5) is 0 Å². The number of phenolic OH excluding ortho intramolecular Hbond substituents is 1. The molecule has 4 rings (SSSR count). The fourth-order valence-electron chi connectivity index (χ4n) is 4.30. The Kier molecular flexibility index (Phi) is 8.68. The molecule has 35 heavy (non-hydrogen) atoms. The first-order valence-corrected chi connectivity index (χ1v) is 12.4. The lowest BCUT2D eigenvalue weighted by Gasteiger charge is -2.25. The molecule has 2 N–H and O–H groups in total. The van der Waals surface area contributed by atoms with Crippen molar-refractivity contribution in [2.24, 2.45) is 0 Å². The van der Waals surface area contributed by atoms with Crippen LogP contribution in [0.1, 0.15) is 42.9 Å². The molecule has 1 heterocycles. The number of hydrogen-bond acceptors (Lipinski definition) is 5. The Hall–Kier alpha value is -3.44. The smallest absolute Gasteiger partial charge is 0.131 e. The van der Waals surface area contributed by atoms with Crippen molar-refractivity contribution in [3.8, 4) is 23.0 Å². The SMILES string of the molecule is CCCCCNCCOc1ccc(CC2=C(c3ccc(OC)cc3)COc3cc(O)ccc32)cc1. The van der Waals surface area contributed by atoms with Gasteiger partial charge in [0.05, 0.1) is 7.11 Å². The minimum atomic E-state index is 0.206. The summed E-state index contributed by atoms with van der Waals surface area (Å²) in [5, 5.41) is 13.4. The molecule has 0 saturated carbocycles. The van der Waals surface area contributed by atoms with Crippen LogP contribution < -0.4 is 19.5 Å². The summed E-state index contributed by atoms with van der Waals surface area (Å²) >= 11 is 0. The fraction of sp³-hybridized carbons (Fsp3) is 0.333. The molecule has 0 atom stereocenters. The molecule has 3 aromatic carbocycles. The lowest BCUT2D eigenvalue weighted by molar-refractivity contribution is 0.313. The largest absolute Gasteiger partial charge is 0.508 e. The third-order valence-electron chi connectivity index (χ3n) is 6.27. The topological polar surface area (TPSA) is 60.0 Å². The zero-order chi connectivity index (χ0) is 24.5. The van der Waals surface area contributed by atoms with E-state index in [1.807, 2.05) is 30.3 Å². The molecule has 5 nitrogen and oxygen atoms in total. The summed E-state index contributed by atoms with van der Waals surface area (Å²) in [6, 6.07) is 21.7. The summed E-state index contributed by atoms with van der Waals surface area (Å²) in [5.41, 5.74) is 5.64. The summed E-state index contributed by atoms with van der Waals surface area (Å²) < 4.78 is 17.3. The first kappa shape index (κ1) is 24.7. The maximum atomic E-state index is 9.95. The van der Waals surface area contributed by atoms with Gasteiger partial charge in [-0.2, -0.15) is 0 Å². The highest BCUT2D eigenvalue weighted by atomic mass is 16.5. The third-order valence-corrected chi connectivity index (χ3v) is 6.27. The van der Waals surface area contributed by atoms with Crippen molar-refractivity contribution in [3.63, 3.8) is 0 Å². The molecule has 0 bridgehead atoms. The Labute approximate surface area is 208 Å². The van der Waals surface area contributed by atoms with Crippen molar-refractivity contribution in [3.05, 3.63) is 83.4 Å². The lowest BCUT2D eigenvalue weighted by atomic mass is 9.88. The van der Waals surface area contributed by atoms with E-state index in [9.17, 15) is 5.11 Å². The van der Waals surface area contributed by atoms with Gasteiger partial charge >= 0.3 is 0 Å². The van der Waals surface area contributed by atoms with Crippen LogP contribution in [-0.2, 0) is 6.42 Å². The van der Waals surface area contributed by atoms with Gasteiger partial charge in [-0.05, 0) is 72.5 Å². The van der Waals surface area contributed by atoms with E-state index >= 15 is 0 Å². The van der Waals surface area contributed by atoms with E-state index < -0.39 is 0 Å². The number of rotatable bonds is 12. The third kappa shape index (κ3) is 6.58. The predicted molar refractivity (Wildman–Crippen MR) is 141 cm³/mol. The van der Waals surface area contributed by atoms with Crippen molar-refractivity contribution in [1.29, 1.82) is 0 Å². The highest BCUT2D eigenvalue weighted by Crippen LogP contribution is 2.40. The lowest BCUT2D eigenvalue weighted by Crippen LogP contribution is -2.22. The van der Waals surface area contributed by atoms with Gasteiger partial charge in [-0.25, -0.2) is 0 Å². The van der Waals surface area contributed by atoms with Crippen LogP contribution in [0, 0.1) is 0 Å². The van der Waals surface area contributed by atoms with E-state index in [1.54, 1.807) is 19.2 Å². The van der Waals surface area contributed by atoms with Gasteiger partial charge in [0.1, 0.15) is 36.2 Å². The molecule has 0 fully saturated rings. The van der Waals surface area contributed by atoms with E-state index in [4.69, 9.17) is 14.2 Å². The number of nitrogens with one attached hydrogen (secondary N) is 1. The molecule has 5 heteroatoms. The van der Waals surface area contributed by atoms with Gasteiger partial charge in [0.2, 0.25) is 0 Å². The second-order valence-electron chi connectivity index (χ2n) is 8.78. The van der Waals surface area contributed by atoms with Crippen LogP contribution >= 0.6 is 0 Å². The summed E-state index contributed by atoms with van der Waals surface area (Å²) in [6.07, 6.45) is 4.48. The average Bonchev–Trinajstić information content (AvgIpc) is 2.89. The van der Waals surface area contributed by atoms with Crippen LogP contribution in [0.5, 0.6) is 23.0 Å². The van der Waals surface area contributed by atoms with Crippen LogP contribution in [0.2, 0.25) is 0 Å². The molecule has 184 valence electrons. The molecular formula is C30H35NO4. The molecule has 0 radical (unpaired) electrons. The second-order valence-corrected chi connectivity index (χ2v) is 8.78. The molecule has 0 saturated heterocycles. The quantitative estimate of drug-likeness (QED) is 0.311. The number of phenols is 1. The van der Waals surface area contributed by atoms with Crippen molar-refractivity contribution < 1.29 is 19.3 Å². The monoisotopic (exact) mass is 473 g/mol.